The predicted molar refractivity (Wildman–Crippen MR) is 238 cm³/mol. The quantitative estimate of drug-likeness (QED) is 0.166. The molecule has 274 valence electrons. The molecule has 8 aromatic carbocycles. The highest BCUT2D eigenvalue weighted by Crippen LogP contribution is 2.53. The molecule has 0 fully saturated rings. The summed E-state index contributed by atoms with van der Waals surface area (Å²) >= 11 is 1.70. The van der Waals surface area contributed by atoms with Gasteiger partial charge in [-0.15, -0.1) is 0 Å². The van der Waals surface area contributed by atoms with Gasteiger partial charge in [0.25, 0.3) is 0 Å². The molecule has 1 aliphatic heterocycles. The van der Waals surface area contributed by atoms with E-state index in [1.165, 1.54) is 0 Å². The highest BCUT2D eigenvalue weighted by Gasteiger charge is 2.37. The number of aromatic nitrogens is 3. The van der Waals surface area contributed by atoms with Crippen molar-refractivity contribution in [3.05, 3.63) is 194 Å². The van der Waals surface area contributed by atoms with Crippen molar-refractivity contribution in [3.8, 4) is 56.4 Å². The van der Waals surface area contributed by atoms with Gasteiger partial charge in [0.1, 0.15) is 11.2 Å². The maximum atomic E-state index is 16.8. The van der Waals surface area contributed by atoms with Crippen LogP contribution in [0.15, 0.2) is 208 Å². The average molecular weight is 782 g/mol. The third kappa shape index (κ3) is 5.72. The van der Waals surface area contributed by atoms with Gasteiger partial charge in [0.05, 0.1) is 0 Å². The number of para-hydroxylation sites is 1. The zero-order valence-corrected chi connectivity index (χ0v) is 32.7. The van der Waals surface area contributed by atoms with E-state index in [0.717, 1.165) is 81.0 Å². The minimum Gasteiger partial charge on any atom is -0.456 e. The van der Waals surface area contributed by atoms with Crippen LogP contribution in [0.2, 0.25) is 0 Å². The third-order valence-electron chi connectivity index (χ3n) is 10.8. The van der Waals surface area contributed by atoms with Crippen LogP contribution in [0.25, 0.3) is 78.4 Å². The Kier molecular flexibility index (Phi) is 8.28. The van der Waals surface area contributed by atoms with E-state index >= 15 is 4.57 Å². The van der Waals surface area contributed by atoms with E-state index in [1.54, 1.807) is 11.8 Å². The van der Waals surface area contributed by atoms with Gasteiger partial charge in [-0.2, -0.15) is 0 Å². The van der Waals surface area contributed by atoms with E-state index in [4.69, 9.17) is 19.4 Å². The highest BCUT2D eigenvalue weighted by atomic mass is 32.2. The number of hydrogen-bond acceptors (Lipinski definition) is 6. The van der Waals surface area contributed by atoms with Crippen molar-refractivity contribution < 1.29 is 8.98 Å². The van der Waals surface area contributed by atoms with Crippen LogP contribution in [0.3, 0.4) is 0 Å². The van der Waals surface area contributed by atoms with E-state index < -0.39 is 7.14 Å². The first-order chi connectivity index (χ1) is 28.6. The summed E-state index contributed by atoms with van der Waals surface area (Å²) in [5, 5.41) is 4.26. The van der Waals surface area contributed by atoms with E-state index in [1.807, 2.05) is 133 Å². The van der Waals surface area contributed by atoms with Crippen molar-refractivity contribution >= 4 is 56.8 Å². The van der Waals surface area contributed by atoms with Gasteiger partial charge >= 0.3 is 0 Å². The third-order valence-corrected chi connectivity index (χ3v) is 15.1. The molecule has 0 radical (unpaired) electrons. The molecule has 58 heavy (non-hydrogen) atoms. The van der Waals surface area contributed by atoms with E-state index in [0.29, 0.717) is 23.1 Å². The SMILES string of the molecule is O=P1(c2ccccc2)c2ccccc2-c2ccccc2Sc2cc(-c3nc(-c4ccccc4)nc(-c4ccccc4)n3)ccc2-c2cc3c(cc21)oc1ccccc13. The zero-order chi connectivity index (χ0) is 38.6. The minimum absolute atomic E-state index is 0.568. The Labute approximate surface area is 339 Å². The van der Waals surface area contributed by atoms with Crippen molar-refractivity contribution in [2.75, 3.05) is 0 Å². The summed E-state index contributed by atoms with van der Waals surface area (Å²) < 4.78 is 23.3. The fourth-order valence-corrected chi connectivity index (χ4v) is 12.3. The molecule has 0 bridgehead atoms. The Balaban J connectivity index is 1.23. The number of nitrogens with zero attached hydrogens (tertiary/aromatic N) is 3. The number of hydrogen-bond donors (Lipinski definition) is 0. The Morgan fingerprint density at radius 3 is 1.69 bits per heavy atom. The van der Waals surface area contributed by atoms with Crippen LogP contribution in [0, 0.1) is 0 Å². The lowest BCUT2D eigenvalue weighted by atomic mass is 10.0. The average Bonchev–Trinajstić information content (AvgIpc) is 3.67. The number of fused-ring (bicyclic) bond motifs is 9. The molecule has 5 nitrogen and oxygen atoms in total. The van der Waals surface area contributed by atoms with Crippen LogP contribution in [0.1, 0.15) is 0 Å². The first kappa shape index (κ1) is 34.4. The molecular weight excluding hydrogens is 750 g/mol. The maximum Gasteiger partial charge on any atom is 0.172 e. The van der Waals surface area contributed by atoms with Crippen molar-refractivity contribution in [2.45, 2.75) is 9.79 Å². The summed E-state index contributed by atoms with van der Waals surface area (Å²) in [6, 6.07) is 65.3. The lowest BCUT2D eigenvalue weighted by Crippen LogP contribution is -2.28. The molecule has 0 aliphatic carbocycles. The molecule has 0 spiro atoms. The first-order valence-corrected chi connectivity index (χ1v) is 21.6. The van der Waals surface area contributed by atoms with E-state index in [9.17, 15) is 0 Å². The topological polar surface area (TPSA) is 68.9 Å². The van der Waals surface area contributed by atoms with Gasteiger partial charge in [0.2, 0.25) is 0 Å². The molecular formula is C51H32N3O2PS. The maximum absolute atomic E-state index is 16.8. The number of rotatable bonds is 4. The molecule has 1 atom stereocenters. The Morgan fingerprint density at radius 1 is 0.397 bits per heavy atom. The second-order valence-corrected chi connectivity index (χ2v) is 18.1. The van der Waals surface area contributed by atoms with Crippen molar-refractivity contribution in [3.63, 3.8) is 0 Å². The molecule has 0 saturated carbocycles. The lowest BCUT2D eigenvalue weighted by molar-refractivity contribution is 0.592. The molecule has 0 N–H and O–H groups in total. The van der Waals surface area contributed by atoms with Gasteiger partial charge in [-0.3, -0.25) is 0 Å². The van der Waals surface area contributed by atoms with Gasteiger partial charge in [0.15, 0.2) is 24.6 Å². The molecule has 0 amide bonds. The Hall–Kier alpha value is -6.85. The van der Waals surface area contributed by atoms with E-state index in [-0.39, 0.29) is 0 Å². The van der Waals surface area contributed by atoms with Crippen molar-refractivity contribution in [1.82, 2.24) is 15.0 Å². The molecule has 2 aromatic heterocycles. The summed E-state index contributed by atoms with van der Waals surface area (Å²) in [6.07, 6.45) is 0. The summed E-state index contributed by atoms with van der Waals surface area (Å²) in [4.78, 5) is 17.2. The van der Waals surface area contributed by atoms with Crippen LogP contribution >= 0.6 is 18.9 Å². The van der Waals surface area contributed by atoms with Crippen LogP contribution < -0.4 is 15.9 Å². The normalized spacial score (nSPS) is 14.6. The monoisotopic (exact) mass is 781 g/mol. The summed E-state index contributed by atoms with van der Waals surface area (Å²) in [5.74, 6) is 1.77. The fraction of sp³-hybridized carbons (Fsp3) is 0. The molecule has 1 unspecified atom stereocenters. The standard InChI is InChI=1S/C51H32N3O2PS/c55-57(36-20-8-3-9-21-36)45-26-14-11-23-38(45)39-24-12-15-27-47(39)58-48-30-35(28-29-40(48)42-31-41-37-22-10-13-25-43(37)56-44(41)32-46(42)57)51-53-49(33-16-4-1-5-17-33)52-50(54-51)34-18-6-2-7-19-34/h1-32H. The summed E-state index contributed by atoms with van der Waals surface area (Å²) in [6.45, 7) is 0. The Bertz CT molecular complexity index is 3180. The molecule has 7 heteroatoms. The zero-order valence-electron chi connectivity index (χ0n) is 31.0. The molecule has 11 rings (SSSR count). The van der Waals surface area contributed by atoms with Gasteiger partial charge in [-0.1, -0.05) is 176 Å². The van der Waals surface area contributed by atoms with Gasteiger partial charge in [-0.05, 0) is 52.6 Å². The van der Waals surface area contributed by atoms with Crippen LogP contribution in [-0.4, -0.2) is 15.0 Å². The van der Waals surface area contributed by atoms with Gasteiger partial charge < -0.3 is 8.98 Å². The second-order valence-electron chi connectivity index (χ2n) is 14.3. The van der Waals surface area contributed by atoms with Crippen LogP contribution in [-0.2, 0) is 4.57 Å². The molecule has 0 saturated heterocycles. The fourth-order valence-electron chi connectivity index (χ4n) is 8.06. The first-order valence-electron chi connectivity index (χ1n) is 19.1. The molecule has 3 heterocycles. The largest absolute Gasteiger partial charge is 0.456 e. The van der Waals surface area contributed by atoms with Gasteiger partial charge in [-0.25, -0.2) is 15.0 Å². The van der Waals surface area contributed by atoms with E-state index in [2.05, 4.69) is 60.7 Å². The molecule has 10 aromatic rings. The second kappa shape index (κ2) is 14.0. The number of furan rings is 1. The van der Waals surface area contributed by atoms with Crippen molar-refractivity contribution in [1.29, 1.82) is 0 Å². The number of benzene rings is 8. The van der Waals surface area contributed by atoms with Crippen LogP contribution in [0.5, 0.6) is 0 Å². The van der Waals surface area contributed by atoms with Crippen LogP contribution in [0.4, 0.5) is 0 Å². The Morgan fingerprint density at radius 2 is 0.966 bits per heavy atom. The summed E-state index contributed by atoms with van der Waals surface area (Å²) in [7, 11) is -3.58. The van der Waals surface area contributed by atoms with Crippen molar-refractivity contribution in [2.24, 2.45) is 0 Å². The highest BCUT2D eigenvalue weighted by molar-refractivity contribution is 7.99. The predicted octanol–water partition coefficient (Wildman–Crippen LogP) is 12.2. The molecule has 1 aliphatic rings. The smallest absolute Gasteiger partial charge is 0.172 e. The minimum atomic E-state index is -3.58. The van der Waals surface area contributed by atoms with Gasteiger partial charge in [0, 0.05) is 53.2 Å². The summed E-state index contributed by atoms with van der Waals surface area (Å²) in [5.41, 5.74) is 7.95. The lowest BCUT2D eigenvalue weighted by Gasteiger charge is -2.28.